The van der Waals surface area contributed by atoms with E-state index in [2.05, 4.69) is 27.7 Å². The van der Waals surface area contributed by atoms with Gasteiger partial charge in [0.05, 0.1) is 38.1 Å². The Balaban J connectivity index is 0.909. The summed E-state index contributed by atoms with van der Waals surface area (Å²) < 4.78 is 36.5. The minimum absolute atomic E-state index is 0.0609. The maximum Gasteiger partial charge on any atom is 0.187 e. The van der Waals surface area contributed by atoms with Crippen molar-refractivity contribution in [3.63, 3.8) is 0 Å². The van der Waals surface area contributed by atoms with Gasteiger partial charge >= 0.3 is 0 Å². The molecule has 22 atom stereocenters. The molecule has 0 aromatic heterocycles. The summed E-state index contributed by atoms with van der Waals surface area (Å²) in [6, 6.07) is 0. The highest BCUT2D eigenvalue weighted by Gasteiger charge is 2.69. The van der Waals surface area contributed by atoms with Gasteiger partial charge in [-0.3, -0.25) is 0 Å². The van der Waals surface area contributed by atoms with E-state index < -0.39 is 73.3 Å². The minimum atomic E-state index is -1.61. The molecule has 0 aromatic rings. The van der Waals surface area contributed by atoms with Crippen LogP contribution in [0.5, 0.6) is 0 Å². The predicted molar refractivity (Wildman–Crippen MR) is 178 cm³/mol. The average molecular weight is 727 g/mol. The normalized spacial score (nSPS) is 59.9. The Morgan fingerprint density at radius 3 is 2.24 bits per heavy atom. The van der Waals surface area contributed by atoms with Crippen LogP contribution in [-0.2, 0) is 28.4 Å². The first-order chi connectivity index (χ1) is 24.2. The Bertz CT molecular complexity index is 1250. The van der Waals surface area contributed by atoms with E-state index in [1.54, 1.807) is 0 Å². The van der Waals surface area contributed by atoms with Crippen LogP contribution in [0.1, 0.15) is 85.5 Å². The van der Waals surface area contributed by atoms with Crippen LogP contribution < -0.4 is 0 Å². The molecule has 8 aliphatic rings. The summed E-state index contributed by atoms with van der Waals surface area (Å²) in [7, 11) is 0. The quantitative estimate of drug-likeness (QED) is 0.199. The Hall–Kier alpha value is -0.520. The van der Waals surface area contributed by atoms with Crippen LogP contribution in [0, 0.1) is 52.3 Å². The molecular formula is C38H62O13. The molecule has 4 heterocycles. The zero-order valence-corrected chi connectivity index (χ0v) is 30.5. The first-order valence-electron chi connectivity index (χ1n) is 19.8. The lowest BCUT2D eigenvalue weighted by Crippen LogP contribution is -2.62. The van der Waals surface area contributed by atoms with E-state index in [1.165, 1.54) is 0 Å². The van der Waals surface area contributed by atoms with Crippen molar-refractivity contribution in [3.05, 3.63) is 0 Å². The minimum Gasteiger partial charge on any atom is -0.390 e. The van der Waals surface area contributed by atoms with Gasteiger partial charge in [-0.05, 0) is 97.7 Å². The smallest absolute Gasteiger partial charge is 0.187 e. The van der Waals surface area contributed by atoms with Gasteiger partial charge in [-0.1, -0.05) is 27.7 Å². The number of hydrogen-bond acceptors (Lipinski definition) is 13. The summed E-state index contributed by atoms with van der Waals surface area (Å²) in [6.07, 6.45) is -5.09. The van der Waals surface area contributed by atoms with Gasteiger partial charge in [-0.2, -0.15) is 0 Å². The molecule has 51 heavy (non-hydrogen) atoms. The Morgan fingerprint density at radius 1 is 0.725 bits per heavy atom. The van der Waals surface area contributed by atoms with Gasteiger partial charge in [0, 0.05) is 12.3 Å². The molecule has 0 radical (unpaired) electrons. The standard InChI is InChI=1S/C38H62O13/c1-17-7-10-38(48-14-17)18(2)28-26(51-38)12-22-20-6-5-19-11-25(23(39)13-37(19,4)21(20)8-9-36(22,28)3)49-35-33(45)31(43)30(42)27(50-35)16-47-34-32(44)29(41)24(40)15-46-34/h17-35,39-45H,5-16H2,1-4H3/t17?,18-,19+,20+,21-,22-,23+,24+,25+,26-,27+,28-,29-,30+,31-,32+,33+,34-,35+,36-,37-,38+/m0/s1. The summed E-state index contributed by atoms with van der Waals surface area (Å²) in [4.78, 5) is 0. The Morgan fingerprint density at radius 2 is 1.49 bits per heavy atom. The van der Waals surface area contributed by atoms with Gasteiger partial charge in [-0.25, -0.2) is 0 Å². The third kappa shape index (κ3) is 5.99. The van der Waals surface area contributed by atoms with E-state index in [9.17, 15) is 35.7 Å². The SMILES string of the molecule is CC1CC[C@@]2(OC1)O[C@H]1C[C@H]3[C@@H]4CC[C@@H]5C[C@@H](O[C@@H]6O[C@H](CO[C@@H]7OC[C@@H](O)[C@H](O)[C@H]7O)[C@@H](O)[C@H](O)[C@H]6O)[C@H](O)C[C@]5(C)[C@H]4CC[C@]3(C)[C@H]1[C@@H]2C. The zero-order chi connectivity index (χ0) is 36.2. The number of ether oxygens (including phenoxy) is 6. The lowest BCUT2D eigenvalue weighted by molar-refractivity contribution is -0.336. The number of aliphatic hydroxyl groups excluding tert-OH is 7. The predicted octanol–water partition coefficient (Wildman–Crippen LogP) is 1.05. The van der Waals surface area contributed by atoms with Gasteiger partial charge in [0.1, 0.15) is 42.7 Å². The van der Waals surface area contributed by atoms with Crippen molar-refractivity contribution in [3.8, 4) is 0 Å². The van der Waals surface area contributed by atoms with Gasteiger partial charge in [0.25, 0.3) is 0 Å². The van der Waals surface area contributed by atoms with E-state index in [-0.39, 0.29) is 30.1 Å². The van der Waals surface area contributed by atoms with Crippen molar-refractivity contribution in [2.24, 2.45) is 52.3 Å². The topological polar surface area (TPSA) is 197 Å². The van der Waals surface area contributed by atoms with Crippen LogP contribution in [0.3, 0.4) is 0 Å². The molecule has 13 heteroatoms. The maximum atomic E-state index is 11.7. The summed E-state index contributed by atoms with van der Waals surface area (Å²) in [5.41, 5.74) is 0.153. The Kier molecular flexibility index (Phi) is 9.97. The van der Waals surface area contributed by atoms with E-state index in [1.807, 2.05) is 0 Å². The summed E-state index contributed by atoms with van der Waals surface area (Å²) in [6.45, 7) is 9.72. The summed E-state index contributed by atoms with van der Waals surface area (Å²) >= 11 is 0. The number of aliphatic hydroxyl groups is 7. The van der Waals surface area contributed by atoms with Crippen LogP contribution >= 0.6 is 0 Å². The molecule has 292 valence electrons. The van der Waals surface area contributed by atoms with Gasteiger partial charge < -0.3 is 64.2 Å². The summed E-state index contributed by atoms with van der Waals surface area (Å²) in [5, 5.41) is 73.8. The number of rotatable bonds is 5. The first-order valence-corrected chi connectivity index (χ1v) is 19.8. The van der Waals surface area contributed by atoms with E-state index >= 15 is 0 Å². The second-order valence-corrected chi connectivity index (χ2v) is 18.5. The highest BCUT2D eigenvalue weighted by Crippen LogP contribution is 2.71. The molecule has 0 aromatic carbocycles. The van der Waals surface area contributed by atoms with Crippen LogP contribution in [0.4, 0.5) is 0 Å². The van der Waals surface area contributed by atoms with Gasteiger partial charge in [0.15, 0.2) is 18.4 Å². The molecule has 4 saturated carbocycles. The van der Waals surface area contributed by atoms with Gasteiger partial charge in [0.2, 0.25) is 0 Å². The third-order valence-electron chi connectivity index (χ3n) is 15.8. The first kappa shape index (κ1) is 37.4. The fourth-order valence-electron chi connectivity index (χ4n) is 12.9. The number of fused-ring (bicyclic) bond motifs is 7. The van der Waals surface area contributed by atoms with Crippen molar-refractivity contribution in [1.29, 1.82) is 0 Å². The molecular weight excluding hydrogens is 664 g/mol. The monoisotopic (exact) mass is 726 g/mol. The number of hydrogen-bond donors (Lipinski definition) is 7. The molecule has 8 rings (SSSR count). The van der Waals surface area contributed by atoms with E-state index in [4.69, 9.17) is 28.4 Å². The molecule has 4 saturated heterocycles. The molecule has 1 unspecified atom stereocenters. The average Bonchev–Trinajstić information content (AvgIpc) is 3.54. The fraction of sp³-hybridized carbons (Fsp3) is 1.00. The molecule has 8 fully saturated rings. The third-order valence-corrected chi connectivity index (χ3v) is 15.8. The second-order valence-electron chi connectivity index (χ2n) is 18.5. The molecule has 13 nitrogen and oxygen atoms in total. The molecule has 7 N–H and O–H groups in total. The van der Waals surface area contributed by atoms with Crippen LogP contribution in [0.25, 0.3) is 0 Å². The van der Waals surface area contributed by atoms with Crippen molar-refractivity contribution >= 4 is 0 Å². The maximum absolute atomic E-state index is 11.7. The molecule has 4 aliphatic heterocycles. The van der Waals surface area contributed by atoms with Crippen LogP contribution in [0.2, 0.25) is 0 Å². The lowest BCUT2D eigenvalue weighted by Gasteiger charge is -2.62. The fourth-order valence-corrected chi connectivity index (χ4v) is 12.9. The Labute approximate surface area is 300 Å². The largest absolute Gasteiger partial charge is 0.390 e. The second kappa shape index (κ2) is 13.6. The van der Waals surface area contributed by atoms with E-state index in [0.717, 1.165) is 51.6 Å². The zero-order valence-electron chi connectivity index (χ0n) is 30.5. The molecule has 4 aliphatic carbocycles. The molecule has 0 amide bonds. The van der Waals surface area contributed by atoms with Gasteiger partial charge in [-0.15, -0.1) is 0 Å². The van der Waals surface area contributed by atoms with Crippen LogP contribution in [-0.4, -0.2) is 135 Å². The highest BCUT2D eigenvalue weighted by atomic mass is 16.7. The van der Waals surface area contributed by atoms with Crippen LogP contribution in [0.15, 0.2) is 0 Å². The molecule has 0 bridgehead atoms. The van der Waals surface area contributed by atoms with E-state index in [0.29, 0.717) is 54.3 Å². The van der Waals surface area contributed by atoms with Crippen molar-refractivity contribution in [2.45, 2.75) is 165 Å². The van der Waals surface area contributed by atoms with Crippen molar-refractivity contribution in [1.82, 2.24) is 0 Å². The van der Waals surface area contributed by atoms with Crippen molar-refractivity contribution < 1.29 is 64.2 Å². The lowest BCUT2D eigenvalue weighted by atomic mass is 9.44. The molecule has 1 spiro atoms. The van der Waals surface area contributed by atoms with Crippen molar-refractivity contribution in [2.75, 3.05) is 19.8 Å². The highest BCUT2D eigenvalue weighted by molar-refractivity contribution is 5.16. The summed E-state index contributed by atoms with van der Waals surface area (Å²) in [5.74, 6) is 3.01.